The van der Waals surface area contributed by atoms with Crippen molar-refractivity contribution in [2.45, 2.75) is 57.6 Å². The van der Waals surface area contributed by atoms with Crippen molar-refractivity contribution in [3.63, 3.8) is 0 Å². The molecule has 2 rings (SSSR count). The van der Waals surface area contributed by atoms with Crippen molar-refractivity contribution < 1.29 is 9.90 Å². The van der Waals surface area contributed by atoms with Crippen LogP contribution in [0.5, 0.6) is 0 Å². The van der Waals surface area contributed by atoms with Crippen LogP contribution in [0.3, 0.4) is 0 Å². The first-order chi connectivity index (χ1) is 11.0. The average molecular weight is 319 g/mol. The van der Waals surface area contributed by atoms with Gasteiger partial charge in [0.2, 0.25) is 0 Å². The first kappa shape index (κ1) is 17.3. The maximum absolute atomic E-state index is 11.9. The van der Waals surface area contributed by atoms with E-state index in [1.54, 1.807) is 23.9 Å². The SMILES string of the molecule is C[C@@](O)(CNC(=O)Nc1ccn(CCC#N)n1)C1CCCCC1. The van der Waals surface area contributed by atoms with Crippen molar-refractivity contribution >= 4 is 11.8 Å². The molecule has 7 nitrogen and oxygen atoms in total. The lowest BCUT2D eigenvalue weighted by Crippen LogP contribution is -2.47. The molecule has 2 amide bonds. The van der Waals surface area contributed by atoms with E-state index < -0.39 is 5.60 Å². The number of hydrogen-bond acceptors (Lipinski definition) is 4. The third kappa shape index (κ3) is 5.25. The molecule has 0 aliphatic heterocycles. The van der Waals surface area contributed by atoms with Crippen LogP contribution in [0.1, 0.15) is 45.4 Å². The standard InChI is InChI=1S/C16H25N5O2/c1-16(23,13-6-3-2-4-7-13)12-18-15(22)19-14-8-11-21(20-14)10-5-9-17/h8,11,13,23H,2-7,10,12H2,1H3,(H2,18,19,20,22)/t16-/m1/s1. The van der Waals surface area contributed by atoms with Crippen LogP contribution in [0, 0.1) is 17.2 Å². The lowest BCUT2D eigenvalue weighted by molar-refractivity contribution is -0.0127. The number of carbonyl (C=O) groups excluding carboxylic acids is 1. The molecule has 1 fully saturated rings. The van der Waals surface area contributed by atoms with Gasteiger partial charge in [0.25, 0.3) is 0 Å². The lowest BCUT2D eigenvalue weighted by atomic mass is 9.78. The van der Waals surface area contributed by atoms with E-state index in [1.165, 1.54) is 6.42 Å². The Morgan fingerprint density at radius 3 is 2.96 bits per heavy atom. The Balaban J connectivity index is 1.78. The molecule has 1 aromatic heterocycles. The van der Waals surface area contributed by atoms with Crippen LogP contribution in [0.15, 0.2) is 12.3 Å². The smallest absolute Gasteiger partial charge is 0.320 e. The Bertz CT molecular complexity index is 555. The van der Waals surface area contributed by atoms with Crippen molar-refractivity contribution in [1.82, 2.24) is 15.1 Å². The van der Waals surface area contributed by atoms with E-state index in [4.69, 9.17) is 5.26 Å². The number of carbonyl (C=O) groups is 1. The van der Waals surface area contributed by atoms with Gasteiger partial charge in [-0.1, -0.05) is 19.3 Å². The largest absolute Gasteiger partial charge is 0.388 e. The van der Waals surface area contributed by atoms with Gasteiger partial charge in [-0.2, -0.15) is 10.4 Å². The Hall–Kier alpha value is -2.07. The van der Waals surface area contributed by atoms with Crippen LogP contribution in [0.25, 0.3) is 0 Å². The molecule has 0 aromatic carbocycles. The van der Waals surface area contributed by atoms with E-state index in [-0.39, 0.29) is 18.5 Å². The van der Waals surface area contributed by atoms with Gasteiger partial charge in [-0.15, -0.1) is 0 Å². The van der Waals surface area contributed by atoms with Crippen LogP contribution in [-0.2, 0) is 6.54 Å². The first-order valence-electron chi connectivity index (χ1n) is 8.19. The molecule has 23 heavy (non-hydrogen) atoms. The molecule has 1 atom stereocenters. The number of nitrogens with one attached hydrogen (secondary N) is 2. The third-order valence-corrected chi connectivity index (χ3v) is 4.43. The fourth-order valence-corrected chi connectivity index (χ4v) is 3.01. The Morgan fingerprint density at radius 1 is 1.52 bits per heavy atom. The molecule has 1 aromatic rings. The highest BCUT2D eigenvalue weighted by atomic mass is 16.3. The van der Waals surface area contributed by atoms with Crippen LogP contribution in [0.4, 0.5) is 10.6 Å². The maximum atomic E-state index is 11.9. The number of aromatic nitrogens is 2. The molecule has 7 heteroatoms. The first-order valence-corrected chi connectivity index (χ1v) is 8.19. The predicted octanol–water partition coefficient (Wildman–Crippen LogP) is 2.25. The van der Waals surface area contributed by atoms with E-state index in [9.17, 15) is 9.90 Å². The molecule has 1 heterocycles. The molecule has 126 valence electrons. The molecular formula is C16H25N5O2. The Kier molecular flexibility index (Phi) is 5.99. The van der Waals surface area contributed by atoms with Crippen molar-refractivity contribution in [2.75, 3.05) is 11.9 Å². The summed E-state index contributed by atoms with van der Waals surface area (Å²) in [5.41, 5.74) is -0.885. The monoisotopic (exact) mass is 319 g/mol. The summed E-state index contributed by atoms with van der Waals surface area (Å²) in [4.78, 5) is 11.9. The summed E-state index contributed by atoms with van der Waals surface area (Å²) in [5, 5.41) is 28.6. The van der Waals surface area contributed by atoms with Gasteiger partial charge in [-0.3, -0.25) is 10.00 Å². The fourth-order valence-electron chi connectivity index (χ4n) is 3.01. The van der Waals surface area contributed by atoms with Crippen LogP contribution >= 0.6 is 0 Å². The summed E-state index contributed by atoms with van der Waals surface area (Å²) >= 11 is 0. The van der Waals surface area contributed by atoms with Crippen molar-refractivity contribution in [3.8, 4) is 6.07 Å². The minimum atomic E-state index is -0.885. The highest BCUT2D eigenvalue weighted by Crippen LogP contribution is 2.32. The van der Waals surface area contributed by atoms with E-state index in [2.05, 4.69) is 15.7 Å². The highest BCUT2D eigenvalue weighted by molar-refractivity contribution is 5.88. The number of hydrogen-bond donors (Lipinski definition) is 3. The Morgan fingerprint density at radius 2 is 2.26 bits per heavy atom. The summed E-state index contributed by atoms with van der Waals surface area (Å²) in [7, 11) is 0. The molecule has 1 aliphatic carbocycles. The zero-order valence-electron chi connectivity index (χ0n) is 13.6. The fraction of sp³-hybridized carbons (Fsp3) is 0.688. The number of aliphatic hydroxyl groups is 1. The molecule has 3 N–H and O–H groups in total. The van der Waals surface area contributed by atoms with Gasteiger partial charge in [0.05, 0.1) is 24.6 Å². The van der Waals surface area contributed by atoms with Gasteiger partial charge in [0.15, 0.2) is 5.82 Å². The van der Waals surface area contributed by atoms with E-state index in [0.717, 1.165) is 25.7 Å². The number of nitrogens with zero attached hydrogens (tertiary/aromatic N) is 3. The third-order valence-electron chi connectivity index (χ3n) is 4.43. The van der Waals surface area contributed by atoms with Crippen molar-refractivity contribution in [1.29, 1.82) is 5.26 Å². The number of aryl methyl sites for hydroxylation is 1. The summed E-state index contributed by atoms with van der Waals surface area (Å²) in [6.45, 7) is 2.51. The van der Waals surface area contributed by atoms with Gasteiger partial charge in [0.1, 0.15) is 0 Å². The highest BCUT2D eigenvalue weighted by Gasteiger charge is 2.33. The van der Waals surface area contributed by atoms with E-state index in [1.807, 2.05) is 6.07 Å². The van der Waals surface area contributed by atoms with Crippen molar-refractivity contribution in [2.24, 2.45) is 5.92 Å². The normalized spacial score (nSPS) is 18.0. The topological polar surface area (TPSA) is 103 Å². The van der Waals surface area contributed by atoms with Crippen LogP contribution in [-0.4, -0.2) is 33.1 Å². The predicted molar refractivity (Wildman–Crippen MR) is 86.7 cm³/mol. The van der Waals surface area contributed by atoms with E-state index >= 15 is 0 Å². The van der Waals surface area contributed by atoms with E-state index in [0.29, 0.717) is 18.8 Å². The van der Waals surface area contributed by atoms with Gasteiger partial charge < -0.3 is 10.4 Å². The summed E-state index contributed by atoms with van der Waals surface area (Å²) < 4.78 is 1.61. The molecular weight excluding hydrogens is 294 g/mol. The molecule has 0 saturated heterocycles. The zero-order valence-corrected chi connectivity index (χ0v) is 13.6. The van der Waals surface area contributed by atoms with Crippen LogP contribution < -0.4 is 10.6 Å². The molecule has 1 aliphatic rings. The van der Waals surface area contributed by atoms with Gasteiger partial charge in [-0.05, 0) is 25.7 Å². The number of amides is 2. The molecule has 0 radical (unpaired) electrons. The lowest BCUT2D eigenvalue weighted by Gasteiger charge is -2.35. The van der Waals surface area contributed by atoms with Gasteiger partial charge in [-0.25, -0.2) is 4.79 Å². The van der Waals surface area contributed by atoms with Crippen molar-refractivity contribution in [3.05, 3.63) is 12.3 Å². The molecule has 0 unspecified atom stereocenters. The van der Waals surface area contributed by atoms with Gasteiger partial charge in [0, 0.05) is 18.8 Å². The zero-order chi connectivity index (χ0) is 16.7. The average Bonchev–Trinajstić information content (AvgIpc) is 2.99. The Labute approximate surface area is 136 Å². The molecule has 0 bridgehead atoms. The number of anilines is 1. The second-order valence-corrected chi connectivity index (χ2v) is 6.37. The minimum Gasteiger partial charge on any atom is -0.388 e. The summed E-state index contributed by atoms with van der Waals surface area (Å²) in [6.07, 6.45) is 7.64. The van der Waals surface area contributed by atoms with Gasteiger partial charge >= 0.3 is 6.03 Å². The number of urea groups is 1. The maximum Gasteiger partial charge on any atom is 0.320 e. The second kappa shape index (κ2) is 7.97. The number of rotatable bonds is 6. The second-order valence-electron chi connectivity index (χ2n) is 6.37. The quantitative estimate of drug-likeness (QED) is 0.748. The minimum absolute atomic E-state index is 0.221. The molecule has 1 saturated carbocycles. The molecule has 0 spiro atoms. The number of nitriles is 1. The summed E-state index contributed by atoms with van der Waals surface area (Å²) in [6, 6.07) is 3.34. The van der Waals surface area contributed by atoms with Crippen LogP contribution in [0.2, 0.25) is 0 Å². The summed E-state index contributed by atoms with van der Waals surface area (Å²) in [5.74, 6) is 0.666.